The number of amides is 3. The van der Waals surface area contributed by atoms with Gasteiger partial charge < -0.3 is 15.5 Å². The highest BCUT2D eigenvalue weighted by molar-refractivity contribution is 5.98. The molecule has 0 saturated heterocycles. The van der Waals surface area contributed by atoms with Gasteiger partial charge in [-0.25, -0.2) is 19.2 Å². The van der Waals surface area contributed by atoms with E-state index in [1.807, 2.05) is 18.2 Å². The van der Waals surface area contributed by atoms with Gasteiger partial charge in [0.15, 0.2) is 0 Å². The molecule has 0 aliphatic rings. The summed E-state index contributed by atoms with van der Waals surface area (Å²) in [6.45, 7) is 0. The van der Waals surface area contributed by atoms with Gasteiger partial charge in [-0.1, -0.05) is 6.07 Å². The molecule has 0 unspecified atom stereocenters. The molecule has 0 saturated carbocycles. The van der Waals surface area contributed by atoms with E-state index in [0.717, 1.165) is 5.56 Å². The molecule has 0 aliphatic carbocycles. The molecule has 34 heavy (non-hydrogen) atoms. The molecule has 9 nitrogen and oxygen atoms in total. The van der Waals surface area contributed by atoms with Crippen molar-refractivity contribution in [1.29, 1.82) is 0 Å². The Morgan fingerprint density at radius 2 is 1.68 bits per heavy atom. The van der Waals surface area contributed by atoms with Crippen LogP contribution in [0.2, 0.25) is 0 Å². The number of hydrogen-bond donors (Lipinski definition) is 4. The first kappa shape index (κ1) is 22.5. The molecule has 0 fully saturated rings. The molecule has 10 heteroatoms. The summed E-state index contributed by atoms with van der Waals surface area (Å²) in [4.78, 5) is 34.6. The van der Waals surface area contributed by atoms with Crippen molar-refractivity contribution < 1.29 is 18.7 Å². The van der Waals surface area contributed by atoms with Gasteiger partial charge in [0.2, 0.25) is 11.9 Å². The minimum atomic E-state index is -0.525. The van der Waals surface area contributed by atoms with Crippen LogP contribution in [-0.2, 0) is 11.2 Å². The van der Waals surface area contributed by atoms with Crippen molar-refractivity contribution in [2.45, 2.75) is 12.8 Å². The number of nitrogens with zero attached hydrogens (tertiary/aromatic N) is 2. The lowest BCUT2D eigenvalue weighted by atomic mass is 10.1. The fourth-order valence-corrected chi connectivity index (χ4v) is 3.06. The van der Waals surface area contributed by atoms with E-state index in [2.05, 4.69) is 25.6 Å². The highest BCUT2D eigenvalue weighted by Crippen LogP contribution is 2.25. The van der Waals surface area contributed by atoms with Crippen LogP contribution in [0, 0.1) is 5.82 Å². The normalized spacial score (nSPS) is 10.5. The van der Waals surface area contributed by atoms with Gasteiger partial charge >= 0.3 is 6.03 Å². The molecule has 2 heterocycles. The number of hydrogen-bond acceptors (Lipinski definition) is 5. The number of imidazole rings is 1. The van der Waals surface area contributed by atoms with Crippen LogP contribution in [0.3, 0.4) is 0 Å². The standard InChI is InChI=1S/C24H21FN6O3/c25-16-6-11-19(12-7-16)34-18-9-4-15(5-10-18)20-2-1-3-22(29-20)30-24(33)31-23-27-14-17(28-23)8-13-21(26)32/h1-7,9-12,14H,8,13H2,(H2,26,32)(H3,27,28,29,30,31,33). The van der Waals surface area contributed by atoms with E-state index < -0.39 is 11.9 Å². The molecule has 5 N–H and O–H groups in total. The topological polar surface area (TPSA) is 135 Å². The zero-order valence-corrected chi connectivity index (χ0v) is 17.9. The molecule has 0 atom stereocenters. The van der Waals surface area contributed by atoms with Crippen LogP contribution >= 0.6 is 0 Å². The van der Waals surface area contributed by atoms with Gasteiger partial charge in [-0.05, 0) is 67.1 Å². The minimum Gasteiger partial charge on any atom is -0.457 e. The number of primary amides is 1. The summed E-state index contributed by atoms with van der Waals surface area (Å²) in [5, 5.41) is 5.24. The quantitative estimate of drug-likeness (QED) is 0.308. The number of halogens is 1. The molecular formula is C24H21FN6O3. The lowest BCUT2D eigenvalue weighted by Gasteiger charge is -2.09. The number of ether oxygens (including phenoxy) is 1. The fraction of sp³-hybridized carbons (Fsp3) is 0.0833. The van der Waals surface area contributed by atoms with Crippen molar-refractivity contribution in [2.24, 2.45) is 5.73 Å². The average molecular weight is 460 g/mol. The molecule has 2 aromatic heterocycles. The number of nitrogens with two attached hydrogens (primary N) is 1. The second-order valence-corrected chi connectivity index (χ2v) is 7.29. The second kappa shape index (κ2) is 10.3. The van der Waals surface area contributed by atoms with Gasteiger partial charge in [0.25, 0.3) is 0 Å². The first-order valence-corrected chi connectivity index (χ1v) is 10.4. The maximum atomic E-state index is 13.0. The maximum Gasteiger partial charge on any atom is 0.327 e. The van der Waals surface area contributed by atoms with Crippen LogP contribution < -0.4 is 21.1 Å². The summed E-state index contributed by atoms with van der Waals surface area (Å²) in [5.41, 5.74) is 7.29. The van der Waals surface area contributed by atoms with Crippen molar-refractivity contribution in [3.05, 3.63) is 84.4 Å². The third-order valence-corrected chi connectivity index (χ3v) is 4.69. The molecule has 0 aliphatic heterocycles. The number of rotatable bonds is 8. The Balaban J connectivity index is 1.36. The van der Waals surface area contributed by atoms with Crippen LogP contribution in [0.5, 0.6) is 11.5 Å². The van der Waals surface area contributed by atoms with Crippen LogP contribution in [0.15, 0.2) is 72.9 Å². The van der Waals surface area contributed by atoms with Gasteiger partial charge in [0, 0.05) is 17.7 Å². The van der Waals surface area contributed by atoms with Gasteiger partial charge in [-0.3, -0.25) is 15.4 Å². The third kappa shape index (κ3) is 6.16. The van der Waals surface area contributed by atoms with Gasteiger partial charge in [0.05, 0.1) is 11.9 Å². The summed E-state index contributed by atoms with van der Waals surface area (Å²) >= 11 is 0. The molecule has 0 bridgehead atoms. The Kier molecular flexibility index (Phi) is 6.78. The number of carbonyl (C=O) groups is 2. The van der Waals surface area contributed by atoms with E-state index >= 15 is 0 Å². The van der Waals surface area contributed by atoms with E-state index in [9.17, 15) is 14.0 Å². The molecule has 4 rings (SSSR count). The lowest BCUT2D eigenvalue weighted by molar-refractivity contribution is -0.118. The number of urea groups is 1. The number of aromatic amines is 1. The number of H-pyrrole nitrogens is 1. The number of anilines is 2. The number of aryl methyl sites for hydroxylation is 1. The van der Waals surface area contributed by atoms with Gasteiger partial charge in [-0.15, -0.1) is 0 Å². The highest BCUT2D eigenvalue weighted by Gasteiger charge is 2.09. The van der Waals surface area contributed by atoms with Crippen molar-refractivity contribution in [3.63, 3.8) is 0 Å². The lowest BCUT2D eigenvalue weighted by Crippen LogP contribution is -2.21. The van der Waals surface area contributed by atoms with E-state index in [4.69, 9.17) is 10.5 Å². The predicted molar refractivity (Wildman–Crippen MR) is 125 cm³/mol. The van der Waals surface area contributed by atoms with Crippen LogP contribution in [-0.4, -0.2) is 26.9 Å². The van der Waals surface area contributed by atoms with Crippen molar-refractivity contribution in [1.82, 2.24) is 15.0 Å². The zero-order valence-electron chi connectivity index (χ0n) is 17.9. The largest absolute Gasteiger partial charge is 0.457 e. The zero-order chi connectivity index (χ0) is 23.9. The van der Waals surface area contributed by atoms with Gasteiger partial charge in [-0.2, -0.15) is 0 Å². The number of benzene rings is 2. The third-order valence-electron chi connectivity index (χ3n) is 4.69. The summed E-state index contributed by atoms with van der Waals surface area (Å²) in [6.07, 6.45) is 2.12. The SMILES string of the molecule is NC(=O)CCc1cnc(NC(=O)Nc2cccc(-c3ccc(Oc4ccc(F)cc4)cc3)n2)[nH]1. The second-order valence-electron chi connectivity index (χ2n) is 7.29. The van der Waals surface area contributed by atoms with Crippen molar-refractivity contribution in [3.8, 4) is 22.8 Å². The van der Waals surface area contributed by atoms with Crippen LogP contribution in [0.4, 0.5) is 21.0 Å². The molecule has 0 radical (unpaired) electrons. The Hall–Kier alpha value is -4.73. The molecule has 0 spiro atoms. The molecule has 3 amide bonds. The first-order chi connectivity index (χ1) is 16.4. The summed E-state index contributed by atoms with van der Waals surface area (Å²) in [6, 6.07) is 17.7. The predicted octanol–water partition coefficient (Wildman–Crippen LogP) is 4.47. The molecule has 4 aromatic rings. The first-order valence-electron chi connectivity index (χ1n) is 10.4. The maximum absolute atomic E-state index is 13.0. The average Bonchev–Trinajstić information content (AvgIpc) is 3.27. The number of carbonyl (C=O) groups excluding carboxylic acids is 2. The summed E-state index contributed by atoms with van der Waals surface area (Å²) in [7, 11) is 0. The van der Waals surface area contributed by atoms with Crippen molar-refractivity contribution in [2.75, 3.05) is 10.6 Å². The monoisotopic (exact) mass is 460 g/mol. The molecular weight excluding hydrogens is 439 g/mol. The molecule has 172 valence electrons. The summed E-state index contributed by atoms with van der Waals surface area (Å²) in [5.74, 6) is 0.971. The minimum absolute atomic E-state index is 0.184. The van der Waals surface area contributed by atoms with E-state index in [0.29, 0.717) is 35.1 Å². The molecule has 2 aromatic carbocycles. The van der Waals surface area contributed by atoms with Crippen LogP contribution in [0.1, 0.15) is 12.1 Å². The highest BCUT2D eigenvalue weighted by atomic mass is 19.1. The number of pyridine rings is 1. The Morgan fingerprint density at radius 1 is 0.971 bits per heavy atom. The summed E-state index contributed by atoms with van der Waals surface area (Å²) < 4.78 is 18.7. The van der Waals surface area contributed by atoms with E-state index in [1.54, 1.807) is 36.4 Å². The fourth-order valence-electron chi connectivity index (χ4n) is 3.06. The smallest absolute Gasteiger partial charge is 0.327 e. The van der Waals surface area contributed by atoms with E-state index in [-0.39, 0.29) is 18.2 Å². The Morgan fingerprint density at radius 3 is 2.38 bits per heavy atom. The Bertz CT molecular complexity index is 1290. The number of aromatic nitrogens is 3. The van der Waals surface area contributed by atoms with Crippen LogP contribution in [0.25, 0.3) is 11.3 Å². The van der Waals surface area contributed by atoms with Gasteiger partial charge in [0.1, 0.15) is 23.1 Å². The number of nitrogens with one attached hydrogen (secondary N) is 3. The Labute approximate surface area is 194 Å². The van der Waals surface area contributed by atoms with Crippen molar-refractivity contribution >= 4 is 23.7 Å². The van der Waals surface area contributed by atoms with E-state index in [1.165, 1.54) is 18.3 Å².